The predicted molar refractivity (Wildman–Crippen MR) is 114 cm³/mol. The van der Waals surface area contributed by atoms with E-state index >= 15 is 0 Å². The number of ether oxygens (including phenoxy) is 1. The molecule has 2 aromatic carbocycles. The standard InChI is InChI=1S/C24H23ClF3NO/c1-17-16-19(30-15-5-13-24(26,27)28)11-9-18(17)10-12-20-21(6-4-7-22(20)25)23-8-2-3-14-29-23/h2-4,6-9,11,14,16H,5,10,12-13,15H2,1H3. The van der Waals surface area contributed by atoms with Crippen molar-refractivity contribution in [2.75, 3.05) is 6.61 Å². The summed E-state index contributed by atoms with van der Waals surface area (Å²) in [6.07, 6.45) is -1.73. The maximum atomic E-state index is 12.2. The normalized spacial score (nSPS) is 11.5. The number of rotatable bonds is 8. The summed E-state index contributed by atoms with van der Waals surface area (Å²) in [6.45, 7) is 2.02. The highest BCUT2D eigenvalue weighted by molar-refractivity contribution is 6.31. The summed E-state index contributed by atoms with van der Waals surface area (Å²) in [4.78, 5) is 4.44. The van der Waals surface area contributed by atoms with Crippen molar-refractivity contribution < 1.29 is 17.9 Å². The zero-order valence-electron chi connectivity index (χ0n) is 16.7. The fraction of sp³-hybridized carbons (Fsp3) is 0.292. The molecule has 1 heterocycles. The minimum atomic E-state index is -4.14. The van der Waals surface area contributed by atoms with Crippen molar-refractivity contribution in [1.82, 2.24) is 4.98 Å². The Balaban J connectivity index is 1.66. The van der Waals surface area contributed by atoms with Crippen molar-refractivity contribution in [1.29, 1.82) is 0 Å². The van der Waals surface area contributed by atoms with E-state index in [4.69, 9.17) is 16.3 Å². The summed E-state index contributed by atoms with van der Waals surface area (Å²) in [5, 5.41) is 0.709. The quantitative estimate of drug-likeness (QED) is 0.350. The van der Waals surface area contributed by atoms with Crippen LogP contribution >= 0.6 is 11.6 Å². The molecule has 0 saturated carbocycles. The zero-order valence-corrected chi connectivity index (χ0v) is 17.4. The molecule has 0 unspecified atom stereocenters. The van der Waals surface area contributed by atoms with Gasteiger partial charge in [0.25, 0.3) is 0 Å². The molecule has 6 heteroatoms. The van der Waals surface area contributed by atoms with E-state index in [-0.39, 0.29) is 13.0 Å². The van der Waals surface area contributed by atoms with Crippen LogP contribution in [0, 0.1) is 6.92 Å². The minimum absolute atomic E-state index is 0.0470. The zero-order chi connectivity index (χ0) is 21.6. The van der Waals surface area contributed by atoms with Crippen LogP contribution in [0.15, 0.2) is 60.8 Å². The van der Waals surface area contributed by atoms with Crippen molar-refractivity contribution in [2.24, 2.45) is 0 Å². The molecule has 0 amide bonds. The van der Waals surface area contributed by atoms with E-state index in [0.29, 0.717) is 10.8 Å². The van der Waals surface area contributed by atoms with Gasteiger partial charge in [0, 0.05) is 23.2 Å². The smallest absolute Gasteiger partial charge is 0.389 e. The third kappa shape index (κ3) is 6.23. The van der Waals surface area contributed by atoms with Gasteiger partial charge < -0.3 is 4.74 Å². The van der Waals surface area contributed by atoms with Crippen LogP contribution in [0.2, 0.25) is 5.02 Å². The van der Waals surface area contributed by atoms with Gasteiger partial charge in [-0.25, -0.2) is 0 Å². The van der Waals surface area contributed by atoms with Crippen molar-refractivity contribution in [3.05, 3.63) is 82.5 Å². The van der Waals surface area contributed by atoms with Crippen LogP contribution in [0.4, 0.5) is 13.2 Å². The summed E-state index contributed by atoms with van der Waals surface area (Å²) in [6, 6.07) is 17.3. The molecule has 2 nitrogen and oxygen atoms in total. The van der Waals surface area contributed by atoms with E-state index < -0.39 is 12.6 Å². The lowest BCUT2D eigenvalue weighted by Gasteiger charge is -2.14. The van der Waals surface area contributed by atoms with Crippen LogP contribution < -0.4 is 4.74 Å². The van der Waals surface area contributed by atoms with Crippen LogP contribution in [-0.4, -0.2) is 17.8 Å². The summed E-state index contributed by atoms with van der Waals surface area (Å²) in [5.74, 6) is 0.588. The fourth-order valence-corrected chi connectivity index (χ4v) is 3.60. The second-order valence-electron chi connectivity index (χ2n) is 7.14. The first-order chi connectivity index (χ1) is 14.3. The minimum Gasteiger partial charge on any atom is -0.494 e. The number of halogens is 4. The number of alkyl halides is 3. The van der Waals surface area contributed by atoms with Crippen molar-refractivity contribution in [2.45, 2.75) is 38.8 Å². The largest absolute Gasteiger partial charge is 0.494 e. The third-order valence-corrected chi connectivity index (χ3v) is 5.25. The molecule has 0 atom stereocenters. The molecule has 158 valence electrons. The lowest BCUT2D eigenvalue weighted by Crippen LogP contribution is -2.09. The van der Waals surface area contributed by atoms with Crippen LogP contribution in [0.1, 0.15) is 29.5 Å². The molecule has 0 N–H and O–H groups in total. The molecule has 0 spiro atoms. The van der Waals surface area contributed by atoms with Gasteiger partial charge >= 0.3 is 6.18 Å². The number of aryl methyl sites for hydroxylation is 2. The van der Waals surface area contributed by atoms with E-state index in [1.807, 2.05) is 61.5 Å². The maximum Gasteiger partial charge on any atom is 0.389 e. The topological polar surface area (TPSA) is 22.1 Å². The number of nitrogens with zero attached hydrogens (tertiary/aromatic N) is 1. The van der Waals surface area contributed by atoms with Crippen LogP contribution in [-0.2, 0) is 12.8 Å². The van der Waals surface area contributed by atoms with Gasteiger partial charge in [-0.1, -0.05) is 35.9 Å². The molecular weight excluding hydrogens is 411 g/mol. The van der Waals surface area contributed by atoms with E-state index in [1.165, 1.54) is 0 Å². The van der Waals surface area contributed by atoms with Crippen molar-refractivity contribution >= 4 is 11.6 Å². The summed E-state index contributed by atoms with van der Waals surface area (Å²) in [7, 11) is 0. The Morgan fingerprint density at radius 1 is 1.00 bits per heavy atom. The first-order valence-electron chi connectivity index (χ1n) is 9.81. The summed E-state index contributed by atoms with van der Waals surface area (Å²) >= 11 is 6.49. The highest BCUT2D eigenvalue weighted by atomic mass is 35.5. The second kappa shape index (κ2) is 9.98. The van der Waals surface area contributed by atoms with Crippen LogP contribution in [0.3, 0.4) is 0 Å². The molecule has 0 fully saturated rings. The van der Waals surface area contributed by atoms with Gasteiger partial charge in [-0.05, 0) is 73.2 Å². The Kier molecular flexibility index (Phi) is 7.38. The molecule has 0 saturated heterocycles. The van der Waals surface area contributed by atoms with E-state index in [2.05, 4.69) is 4.98 Å². The van der Waals surface area contributed by atoms with Gasteiger partial charge in [0.1, 0.15) is 5.75 Å². The Bertz CT molecular complexity index is 974. The van der Waals surface area contributed by atoms with Gasteiger partial charge in [0.2, 0.25) is 0 Å². The molecule has 0 aliphatic heterocycles. The van der Waals surface area contributed by atoms with Gasteiger partial charge in [-0.3, -0.25) is 4.98 Å². The van der Waals surface area contributed by atoms with E-state index in [1.54, 1.807) is 6.20 Å². The second-order valence-corrected chi connectivity index (χ2v) is 7.54. The monoisotopic (exact) mass is 433 g/mol. The molecule has 0 aliphatic carbocycles. The van der Waals surface area contributed by atoms with Crippen LogP contribution in [0.25, 0.3) is 11.3 Å². The van der Waals surface area contributed by atoms with E-state index in [0.717, 1.165) is 40.8 Å². The molecule has 30 heavy (non-hydrogen) atoms. The number of pyridine rings is 1. The fourth-order valence-electron chi connectivity index (χ4n) is 3.34. The molecule has 3 aromatic rings. The molecule has 0 bridgehead atoms. The molecule has 0 aliphatic rings. The Morgan fingerprint density at radius 3 is 2.53 bits per heavy atom. The highest BCUT2D eigenvalue weighted by Crippen LogP contribution is 2.30. The van der Waals surface area contributed by atoms with Gasteiger partial charge in [-0.15, -0.1) is 0 Å². The Morgan fingerprint density at radius 2 is 1.83 bits per heavy atom. The van der Waals surface area contributed by atoms with Gasteiger partial charge in [0.15, 0.2) is 0 Å². The Hall–Kier alpha value is -2.53. The third-order valence-electron chi connectivity index (χ3n) is 4.89. The van der Waals surface area contributed by atoms with Gasteiger partial charge in [0.05, 0.1) is 12.3 Å². The van der Waals surface area contributed by atoms with Gasteiger partial charge in [-0.2, -0.15) is 13.2 Å². The van der Waals surface area contributed by atoms with Crippen molar-refractivity contribution in [3.63, 3.8) is 0 Å². The number of hydrogen-bond acceptors (Lipinski definition) is 2. The first kappa shape index (κ1) is 22.2. The molecule has 0 radical (unpaired) electrons. The highest BCUT2D eigenvalue weighted by Gasteiger charge is 2.26. The summed E-state index contributed by atoms with van der Waals surface area (Å²) < 4.78 is 42.1. The number of hydrogen-bond donors (Lipinski definition) is 0. The average Bonchev–Trinajstić information content (AvgIpc) is 2.71. The first-order valence-corrected chi connectivity index (χ1v) is 10.2. The van der Waals surface area contributed by atoms with Crippen molar-refractivity contribution in [3.8, 4) is 17.0 Å². The SMILES string of the molecule is Cc1cc(OCCCC(F)(F)F)ccc1CCc1c(Cl)cccc1-c1ccccn1. The number of benzene rings is 2. The average molecular weight is 434 g/mol. The van der Waals surface area contributed by atoms with E-state index in [9.17, 15) is 13.2 Å². The van der Waals surface area contributed by atoms with Crippen LogP contribution in [0.5, 0.6) is 5.75 Å². The lowest BCUT2D eigenvalue weighted by molar-refractivity contribution is -0.136. The predicted octanol–water partition coefficient (Wildman–Crippen LogP) is 7.22. The molecular formula is C24H23ClF3NO. The molecule has 3 rings (SSSR count). The molecule has 1 aromatic heterocycles. The maximum absolute atomic E-state index is 12.2. The Labute approximate surface area is 179 Å². The lowest BCUT2D eigenvalue weighted by atomic mass is 9.96. The number of aromatic nitrogens is 1. The summed E-state index contributed by atoms with van der Waals surface area (Å²) in [5.41, 5.74) is 5.13.